The van der Waals surface area contributed by atoms with Crippen molar-refractivity contribution < 1.29 is 0 Å². The van der Waals surface area contributed by atoms with E-state index in [4.69, 9.17) is 4.99 Å². The molecule has 5 nitrogen and oxygen atoms in total. The minimum absolute atomic E-state index is 0. The average molecular weight is 459 g/mol. The number of rotatable bonds is 4. The van der Waals surface area contributed by atoms with Crippen molar-refractivity contribution >= 4 is 29.9 Å². The number of hydrogen-bond donors (Lipinski definition) is 2. The summed E-state index contributed by atoms with van der Waals surface area (Å²) in [7, 11) is 2.00. The van der Waals surface area contributed by atoms with Gasteiger partial charge in [0.2, 0.25) is 0 Å². The highest BCUT2D eigenvalue weighted by molar-refractivity contribution is 14.0. The maximum Gasteiger partial charge on any atom is 0.191 e. The molecule has 2 aliphatic rings. The van der Waals surface area contributed by atoms with Crippen LogP contribution in [-0.2, 0) is 13.6 Å². The minimum atomic E-state index is 0. The van der Waals surface area contributed by atoms with Gasteiger partial charge in [-0.05, 0) is 51.9 Å². The first kappa shape index (κ1) is 20.5. The van der Waals surface area contributed by atoms with Gasteiger partial charge in [-0.2, -0.15) is 5.10 Å². The van der Waals surface area contributed by atoms with E-state index in [1.165, 1.54) is 49.8 Å². The molecular weight excluding hydrogens is 425 g/mol. The van der Waals surface area contributed by atoms with Crippen LogP contribution in [0.15, 0.2) is 4.99 Å². The Morgan fingerprint density at radius 3 is 2.64 bits per heavy atom. The molecule has 0 radical (unpaired) electrons. The van der Waals surface area contributed by atoms with Crippen LogP contribution in [-0.4, -0.2) is 28.3 Å². The molecular formula is C19H34IN5. The Labute approximate surface area is 169 Å². The lowest BCUT2D eigenvalue weighted by atomic mass is 9.79. The van der Waals surface area contributed by atoms with Gasteiger partial charge in [0.05, 0.1) is 12.2 Å². The second-order valence-electron chi connectivity index (χ2n) is 7.57. The van der Waals surface area contributed by atoms with Gasteiger partial charge in [-0.1, -0.05) is 19.3 Å². The highest BCUT2D eigenvalue weighted by atomic mass is 127. The lowest BCUT2D eigenvalue weighted by Gasteiger charge is -2.33. The van der Waals surface area contributed by atoms with Crippen molar-refractivity contribution in [3.8, 4) is 0 Å². The van der Waals surface area contributed by atoms with Crippen LogP contribution in [0.2, 0.25) is 0 Å². The molecule has 25 heavy (non-hydrogen) atoms. The Morgan fingerprint density at radius 2 is 1.96 bits per heavy atom. The Balaban J connectivity index is 0.00000225. The zero-order valence-electron chi connectivity index (χ0n) is 16.1. The number of aromatic nitrogens is 2. The van der Waals surface area contributed by atoms with Crippen molar-refractivity contribution in [1.29, 1.82) is 0 Å². The van der Waals surface area contributed by atoms with E-state index >= 15 is 0 Å². The summed E-state index contributed by atoms with van der Waals surface area (Å²) in [6.45, 7) is 7.91. The van der Waals surface area contributed by atoms with Crippen LogP contribution in [0.5, 0.6) is 0 Å². The fraction of sp³-hybridized carbons (Fsp3) is 0.789. The fourth-order valence-electron chi connectivity index (χ4n) is 4.55. The lowest BCUT2D eigenvalue weighted by Crippen LogP contribution is -2.46. The van der Waals surface area contributed by atoms with E-state index in [2.05, 4.69) is 36.5 Å². The molecule has 2 saturated carbocycles. The Hall–Kier alpha value is -0.790. The van der Waals surface area contributed by atoms with E-state index in [1.54, 1.807) is 0 Å². The number of aryl methyl sites for hydroxylation is 2. The summed E-state index contributed by atoms with van der Waals surface area (Å²) in [5, 5.41) is 11.6. The van der Waals surface area contributed by atoms with Gasteiger partial charge >= 0.3 is 0 Å². The normalized spacial score (nSPS) is 26.1. The number of nitrogens with one attached hydrogen (secondary N) is 2. The molecule has 2 N–H and O–H groups in total. The molecule has 0 amide bonds. The molecule has 0 aliphatic heterocycles. The lowest BCUT2D eigenvalue weighted by molar-refractivity contribution is 0.239. The SMILES string of the molecule is CCNC(=NCc1c(C)nn(C)c1C)NC1CCC2CCCC2C1.I. The molecule has 1 aromatic rings. The molecule has 1 aromatic heterocycles. The van der Waals surface area contributed by atoms with Gasteiger partial charge < -0.3 is 10.6 Å². The number of nitrogens with zero attached hydrogens (tertiary/aromatic N) is 3. The Kier molecular flexibility index (Phi) is 7.58. The third kappa shape index (κ3) is 4.89. The molecule has 0 spiro atoms. The first-order valence-corrected chi connectivity index (χ1v) is 9.62. The van der Waals surface area contributed by atoms with E-state index in [9.17, 15) is 0 Å². The Bertz CT molecular complexity index is 595. The van der Waals surface area contributed by atoms with Crippen LogP contribution < -0.4 is 10.6 Å². The largest absolute Gasteiger partial charge is 0.357 e. The monoisotopic (exact) mass is 459 g/mol. The Morgan fingerprint density at radius 1 is 1.20 bits per heavy atom. The number of guanidine groups is 1. The molecule has 0 saturated heterocycles. The third-order valence-electron chi connectivity index (χ3n) is 6.03. The molecule has 3 unspecified atom stereocenters. The van der Waals surface area contributed by atoms with Crippen LogP contribution in [0, 0.1) is 25.7 Å². The topological polar surface area (TPSA) is 54.2 Å². The van der Waals surface area contributed by atoms with Crippen molar-refractivity contribution in [2.75, 3.05) is 6.54 Å². The van der Waals surface area contributed by atoms with Gasteiger partial charge in [0.15, 0.2) is 5.96 Å². The smallest absolute Gasteiger partial charge is 0.191 e. The first-order chi connectivity index (χ1) is 11.6. The predicted octanol–water partition coefficient (Wildman–Crippen LogP) is 3.68. The van der Waals surface area contributed by atoms with Gasteiger partial charge in [-0.25, -0.2) is 4.99 Å². The molecule has 0 aromatic carbocycles. The maximum atomic E-state index is 4.84. The summed E-state index contributed by atoms with van der Waals surface area (Å²) >= 11 is 0. The zero-order valence-corrected chi connectivity index (χ0v) is 18.5. The summed E-state index contributed by atoms with van der Waals surface area (Å²) in [6, 6.07) is 0.582. The maximum absolute atomic E-state index is 4.84. The van der Waals surface area contributed by atoms with E-state index in [0.29, 0.717) is 12.6 Å². The highest BCUT2D eigenvalue weighted by Crippen LogP contribution is 2.41. The summed E-state index contributed by atoms with van der Waals surface area (Å²) in [5.74, 6) is 2.91. The summed E-state index contributed by atoms with van der Waals surface area (Å²) < 4.78 is 1.95. The number of hydrogen-bond acceptors (Lipinski definition) is 2. The van der Waals surface area contributed by atoms with Gasteiger partial charge in [0.1, 0.15) is 0 Å². The van der Waals surface area contributed by atoms with E-state index in [0.717, 1.165) is 30.0 Å². The molecule has 142 valence electrons. The second-order valence-corrected chi connectivity index (χ2v) is 7.57. The van der Waals surface area contributed by atoms with Crippen molar-refractivity contribution in [3.63, 3.8) is 0 Å². The summed E-state index contributed by atoms with van der Waals surface area (Å²) in [6.07, 6.45) is 8.34. The second kappa shape index (κ2) is 9.24. The minimum Gasteiger partial charge on any atom is -0.357 e. The number of aliphatic imine (C=N–C) groups is 1. The standard InChI is InChI=1S/C19H33N5.HI/c1-5-20-19(21-12-18-13(2)23-24(4)14(18)3)22-17-10-9-15-7-6-8-16(15)11-17;/h15-17H,5-12H2,1-4H3,(H2,20,21,22);1H. The van der Waals surface area contributed by atoms with Crippen molar-refractivity contribution in [3.05, 3.63) is 17.0 Å². The van der Waals surface area contributed by atoms with E-state index < -0.39 is 0 Å². The van der Waals surface area contributed by atoms with Crippen molar-refractivity contribution in [2.24, 2.45) is 23.9 Å². The first-order valence-electron chi connectivity index (χ1n) is 9.62. The van der Waals surface area contributed by atoms with Crippen LogP contribution >= 0.6 is 24.0 Å². The van der Waals surface area contributed by atoms with Crippen LogP contribution in [0.4, 0.5) is 0 Å². The molecule has 1 heterocycles. The van der Waals surface area contributed by atoms with Crippen LogP contribution in [0.25, 0.3) is 0 Å². The van der Waals surface area contributed by atoms with Crippen LogP contribution in [0.3, 0.4) is 0 Å². The predicted molar refractivity (Wildman–Crippen MR) is 115 cm³/mol. The molecule has 2 fully saturated rings. The van der Waals surface area contributed by atoms with E-state index in [-0.39, 0.29) is 24.0 Å². The third-order valence-corrected chi connectivity index (χ3v) is 6.03. The van der Waals surface area contributed by atoms with Crippen molar-refractivity contribution in [1.82, 2.24) is 20.4 Å². The average Bonchev–Trinajstić information content (AvgIpc) is 3.11. The highest BCUT2D eigenvalue weighted by Gasteiger charge is 2.33. The number of halogens is 1. The quantitative estimate of drug-likeness (QED) is 0.411. The van der Waals surface area contributed by atoms with Crippen LogP contribution in [0.1, 0.15) is 62.4 Å². The fourth-order valence-corrected chi connectivity index (χ4v) is 4.55. The summed E-state index contributed by atoms with van der Waals surface area (Å²) in [5.41, 5.74) is 3.54. The molecule has 2 aliphatic carbocycles. The van der Waals surface area contributed by atoms with Gasteiger partial charge in [0.25, 0.3) is 0 Å². The molecule has 3 rings (SSSR count). The summed E-state index contributed by atoms with van der Waals surface area (Å²) in [4.78, 5) is 4.84. The van der Waals surface area contributed by atoms with Gasteiger partial charge in [-0.3, -0.25) is 4.68 Å². The van der Waals surface area contributed by atoms with Gasteiger partial charge in [0, 0.05) is 30.9 Å². The van der Waals surface area contributed by atoms with E-state index in [1.807, 2.05) is 11.7 Å². The molecule has 6 heteroatoms. The zero-order chi connectivity index (χ0) is 17.1. The van der Waals surface area contributed by atoms with Gasteiger partial charge in [-0.15, -0.1) is 24.0 Å². The molecule has 3 atom stereocenters. The van der Waals surface area contributed by atoms with Crippen molar-refractivity contribution in [2.45, 2.75) is 71.9 Å². The molecule has 0 bridgehead atoms. The number of fused-ring (bicyclic) bond motifs is 1.